The van der Waals surface area contributed by atoms with E-state index in [0.717, 1.165) is 62.8 Å². The molecular formula is C25H37F3N2O3S. The van der Waals surface area contributed by atoms with Gasteiger partial charge in [-0.1, -0.05) is 19.0 Å². The van der Waals surface area contributed by atoms with Crippen molar-refractivity contribution in [2.45, 2.75) is 89.5 Å². The molecule has 1 amide bonds. The smallest absolute Gasteiger partial charge is 0.411 e. The molecule has 0 saturated heterocycles. The van der Waals surface area contributed by atoms with Crippen LogP contribution in [-0.4, -0.2) is 46.3 Å². The van der Waals surface area contributed by atoms with Gasteiger partial charge in [0.15, 0.2) is 0 Å². The molecule has 2 unspecified atom stereocenters. The van der Waals surface area contributed by atoms with Gasteiger partial charge in [0, 0.05) is 29.5 Å². The van der Waals surface area contributed by atoms with Gasteiger partial charge in [0.05, 0.1) is 5.71 Å². The number of unbranched alkanes of at least 4 members (excludes halogenated alkanes) is 1. The van der Waals surface area contributed by atoms with Crippen LogP contribution in [0.5, 0.6) is 0 Å². The normalized spacial score (nSPS) is 41.0. The summed E-state index contributed by atoms with van der Waals surface area (Å²) >= 11 is 1.86. The fourth-order valence-corrected chi connectivity index (χ4v) is 9.16. The monoisotopic (exact) mass is 502 g/mol. The number of oxime groups is 1. The van der Waals surface area contributed by atoms with Crippen molar-refractivity contribution in [3.05, 3.63) is 0 Å². The Morgan fingerprint density at radius 2 is 1.94 bits per heavy atom. The van der Waals surface area contributed by atoms with Gasteiger partial charge in [-0.15, -0.1) is 0 Å². The molecule has 4 aliphatic carbocycles. The van der Waals surface area contributed by atoms with E-state index in [-0.39, 0.29) is 23.3 Å². The summed E-state index contributed by atoms with van der Waals surface area (Å²) in [5.74, 6) is 1.03. The van der Waals surface area contributed by atoms with E-state index in [1.54, 1.807) is 0 Å². The number of carbonyl (C=O) groups excluding carboxylic acids is 2. The predicted molar refractivity (Wildman–Crippen MR) is 126 cm³/mol. The molecule has 4 aliphatic rings. The molecule has 0 aliphatic heterocycles. The van der Waals surface area contributed by atoms with Gasteiger partial charge in [-0.25, -0.2) is 0 Å². The molecule has 4 saturated carbocycles. The molecule has 7 atom stereocenters. The first-order valence-corrected chi connectivity index (χ1v) is 13.8. The van der Waals surface area contributed by atoms with Crippen LogP contribution in [0, 0.1) is 34.5 Å². The van der Waals surface area contributed by atoms with Crippen molar-refractivity contribution in [1.29, 1.82) is 0 Å². The SMILES string of the molecule is C[C@]12CCC(SCCCCNC(=O)C(F)(F)F)CC1/C(=N\O)C[C@@H]1[C@H]2CC[C@]2(C)C(=O)CC[C@@H]12. The highest BCUT2D eigenvalue weighted by molar-refractivity contribution is 7.99. The standard InChI is InChI=1S/C25H37F3N2O3S/c1-23-9-7-15(34-12-4-3-11-29-22(32)25(26,27)28)13-19(23)20(30-33)14-16-17-5-6-21(31)24(17,2)10-8-18(16)23/h15-19,33H,3-14H2,1-2H3,(H,29,32)/b30-20-/t15?,16-,17-,18+,19?,23+,24-/m0/s1. The van der Waals surface area contributed by atoms with Gasteiger partial charge in [0.25, 0.3) is 0 Å². The van der Waals surface area contributed by atoms with Crippen LogP contribution in [0.3, 0.4) is 0 Å². The third kappa shape index (κ3) is 4.62. The molecule has 0 aromatic carbocycles. The molecule has 4 fully saturated rings. The predicted octanol–water partition coefficient (Wildman–Crippen LogP) is 5.60. The first kappa shape index (κ1) is 25.8. The molecule has 0 aromatic rings. The Kier molecular flexibility index (Phi) is 7.34. The number of fused-ring (bicyclic) bond motifs is 5. The maximum atomic E-state index is 12.7. The van der Waals surface area contributed by atoms with Gasteiger partial charge in [0.2, 0.25) is 0 Å². The number of rotatable bonds is 6. The summed E-state index contributed by atoms with van der Waals surface area (Å²) < 4.78 is 36.7. The van der Waals surface area contributed by atoms with E-state index in [1.807, 2.05) is 17.1 Å². The first-order valence-electron chi connectivity index (χ1n) is 12.7. The van der Waals surface area contributed by atoms with Crippen LogP contribution in [0.15, 0.2) is 5.16 Å². The number of ketones is 1. The number of nitrogens with zero attached hydrogens (tertiary/aromatic N) is 1. The molecule has 5 nitrogen and oxygen atoms in total. The van der Waals surface area contributed by atoms with Gasteiger partial charge in [-0.05, 0) is 86.7 Å². The zero-order valence-electron chi connectivity index (χ0n) is 20.1. The summed E-state index contributed by atoms with van der Waals surface area (Å²) in [6.07, 6.45) is 4.10. The lowest BCUT2D eigenvalue weighted by Crippen LogP contribution is -2.56. The maximum absolute atomic E-state index is 12.7. The number of halogens is 3. The number of nitrogens with one attached hydrogen (secondary N) is 1. The minimum Gasteiger partial charge on any atom is -0.411 e. The second-order valence-electron chi connectivity index (χ2n) is 11.4. The molecule has 0 aromatic heterocycles. The number of amides is 1. The summed E-state index contributed by atoms with van der Waals surface area (Å²) in [6, 6.07) is 0. The molecule has 34 heavy (non-hydrogen) atoms. The molecule has 0 bridgehead atoms. The Balaban J connectivity index is 1.31. The van der Waals surface area contributed by atoms with Crippen LogP contribution < -0.4 is 5.32 Å². The minimum atomic E-state index is -4.82. The van der Waals surface area contributed by atoms with Crippen LogP contribution in [-0.2, 0) is 9.59 Å². The van der Waals surface area contributed by atoms with Gasteiger partial charge in [0.1, 0.15) is 5.78 Å². The summed E-state index contributed by atoms with van der Waals surface area (Å²) in [7, 11) is 0. The van der Waals surface area contributed by atoms with Gasteiger partial charge < -0.3 is 10.5 Å². The summed E-state index contributed by atoms with van der Waals surface area (Å²) in [5.41, 5.74) is 0.806. The second kappa shape index (κ2) is 9.66. The Hall–Kier alpha value is -1.25. The molecule has 2 N–H and O–H groups in total. The van der Waals surface area contributed by atoms with Crippen LogP contribution in [0.2, 0.25) is 0 Å². The first-order chi connectivity index (χ1) is 16.0. The minimum absolute atomic E-state index is 0.0389. The second-order valence-corrected chi connectivity index (χ2v) is 12.8. The van der Waals surface area contributed by atoms with Crippen molar-refractivity contribution >= 4 is 29.2 Å². The average Bonchev–Trinajstić information content (AvgIpc) is 3.09. The van der Waals surface area contributed by atoms with E-state index in [9.17, 15) is 28.0 Å². The van der Waals surface area contributed by atoms with Gasteiger partial charge in [-0.3, -0.25) is 9.59 Å². The number of Topliss-reactive ketones (excluding diaryl/α,β-unsaturated/α-hetero) is 1. The van der Waals surface area contributed by atoms with Crippen LogP contribution in [0.1, 0.15) is 78.1 Å². The zero-order chi connectivity index (χ0) is 24.7. The Bertz CT molecular complexity index is 835. The molecule has 0 heterocycles. The van der Waals surface area contributed by atoms with Gasteiger partial charge in [-0.2, -0.15) is 24.9 Å². The maximum Gasteiger partial charge on any atom is 0.471 e. The summed E-state index contributed by atoms with van der Waals surface area (Å²) in [5, 5.41) is 16.1. The molecule has 0 spiro atoms. The van der Waals surface area contributed by atoms with Gasteiger partial charge >= 0.3 is 12.1 Å². The van der Waals surface area contributed by atoms with Crippen molar-refractivity contribution < 1.29 is 28.0 Å². The topological polar surface area (TPSA) is 78.8 Å². The van der Waals surface area contributed by atoms with Crippen molar-refractivity contribution in [3.8, 4) is 0 Å². The van der Waals surface area contributed by atoms with Crippen molar-refractivity contribution in [3.63, 3.8) is 0 Å². The van der Waals surface area contributed by atoms with E-state index in [2.05, 4.69) is 19.0 Å². The Morgan fingerprint density at radius 1 is 1.18 bits per heavy atom. The molecule has 9 heteroatoms. The van der Waals surface area contributed by atoms with Crippen LogP contribution >= 0.6 is 11.8 Å². The third-order valence-electron chi connectivity index (χ3n) is 9.74. The third-order valence-corrected chi connectivity index (χ3v) is 11.2. The van der Waals surface area contributed by atoms with Crippen molar-refractivity contribution in [2.24, 2.45) is 39.7 Å². The fraction of sp³-hybridized carbons (Fsp3) is 0.880. The molecule has 192 valence electrons. The lowest BCUT2D eigenvalue weighted by Gasteiger charge is -2.60. The number of thioether (sulfide) groups is 1. The highest BCUT2D eigenvalue weighted by Gasteiger charge is 2.61. The van der Waals surface area contributed by atoms with E-state index < -0.39 is 12.1 Å². The lowest BCUT2D eigenvalue weighted by molar-refractivity contribution is -0.173. The number of alkyl halides is 3. The fourth-order valence-electron chi connectivity index (χ4n) is 7.84. The molecule has 4 rings (SSSR count). The van der Waals surface area contributed by atoms with Crippen LogP contribution in [0.4, 0.5) is 13.2 Å². The Morgan fingerprint density at radius 3 is 2.65 bits per heavy atom. The molecule has 0 radical (unpaired) electrons. The summed E-state index contributed by atoms with van der Waals surface area (Å²) in [4.78, 5) is 23.5. The average molecular weight is 503 g/mol. The number of hydrogen-bond acceptors (Lipinski definition) is 5. The lowest BCUT2D eigenvalue weighted by atomic mass is 9.45. The molecular weight excluding hydrogens is 465 g/mol. The van der Waals surface area contributed by atoms with E-state index in [4.69, 9.17) is 0 Å². The zero-order valence-corrected chi connectivity index (χ0v) is 20.9. The van der Waals surface area contributed by atoms with E-state index >= 15 is 0 Å². The highest BCUT2D eigenvalue weighted by Crippen LogP contribution is 2.65. The van der Waals surface area contributed by atoms with Crippen LogP contribution in [0.25, 0.3) is 0 Å². The number of hydrogen-bond donors (Lipinski definition) is 2. The van der Waals surface area contributed by atoms with Crippen molar-refractivity contribution in [2.75, 3.05) is 12.3 Å². The van der Waals surface area contributed by atoms with E-state index in [1.165, 1.54) is 0 Å². The number of carbonyl (C=O) groups is 2. The Labute approximate surface area is 204 Å². The largest absolute Gasteiger partial charge is 0.471 e. The highest BCUT2D eigenvalue weighted by atomic mass is 32.2. The van der Waals surface area contributed by atoms with E-state index in [0.29, 0.717) is 41.6 Å². The van der Waals surface area contributed by atoms with Crippen molar-refractivity contribution in [1.82, 2.24) is 5.32 Å². The quantitative estimate of drug-likeness (QED) is 0.282. The summed E-state index contributed by atoms with van der Waals surface area (Å²) in [6.45, 7) is 4.58.